The zero-order chi connectivity index (χ0) is 16.5. The second-order valence-corrected chi connectivity index (χ2v) is 5.87. The molecule has 0 bridgehead atoms. The fourth-order valence-electron chi connectivity index (χ4n) is 2.53. The minimum absolute atomic E-state index is 0.723. The molecule has 1 aromatic carbocycles. The van der Waals surface area contributed by atoms with Crippen LogP contribution in [0.5, 0.6) is 11.5 Å². The number of benzene rings is 1. The Morgan fingerprint density at radius 3 is 2.57 bits per heavy atom. The van der Waals surface area contributed by atoms with E-state index in [-0.39, 0.29) is 0 Å². The summed E-state index contributed by atoms with van der Waals surface area (Å²) in [7, 11) is 1.66. The van der Waals surface area contributed by atoms with E-state index in [0.717, 1.165) is 62.5 Å². The minimum Gasteiger partial charge on any atom is -0.497 e. The first-order valence-electron chi connectivity index (χ1n) is 7.97. The van der Waals surface area contributed by atoms with E-state index in [2.05, 4.69) is 16.8 Å². The predicted octanol–water partition coefficient (Wildman–Crippen LogP) is 0.335. The lowest BCUT2D eigenvalue weighted by Crippen LogP contribution is -3.15. The van der Waals surface area contributed by atoms with Crippen molar-refractivity contribution >= 4 is 17.3 Å². The predicted molar refractivity (Wildman–Crippen MR) is 96.4 cm³/mol. The van der Waals surface area contributed by atoms with Gasteiger partial charge in [-0.15, -0.1) is 6.58 Å². The summed E-state index contributed by atoms with van der Waals surface area (Å²) in [6.07, 6.45) is 1.82. The maximum absolute atomic E-state index is 5.80. The Morgan fingerprint density at radius 1 is 1.30 bits per heavy atom. The maximum atomic E-state index is 5.80. The second-order valence-electron chi connectivity index (χ2n) is 5.49. The van der Waals surface area contributed by atoms with Gasteiger partial charge in [0.05, 0.1) is 33.3 Å². The fourth-order valence-corrected chi connectivity index (χ4v) is 2.80. The summed E-state index contributed by atoms with van der Waals surface area (Å²) in [4.78, 5) is 3.79. The first-order chi connectivity index (χ1) is 11.2. The van der Waals surface area contributed by atoms with Gasteiger partial charge < -0.3 is 24.6 Å². The molecule has 1 saturated heterocycles. The molecule has 1 aliphatic rings. The standard InChI is InChI=1S/C17H25N3O2S/c1-3-8-18-17(23)20-11-9-19(10-12-20)13-14-22-16-6-4-15(21-2)5-7-16/h3-7H,1,8-14H2,2H3,(H,18,23)/p+1. The van der Waals surface area contributed by atoms with Crippen LogP contribution in [0.15, 0.2) is 36.9 Å². The molecule has 5 nitrogen and oxygen atoms in total. The van der Waals surface area contributed by atoms with Crippen molar-refractivity contribution in [3.8, 4) is 11.5 Å². The Balaban J connectivity index is 1.64. The number of nitrogens with zero attached hydrogens (tertiary/aromatic N) is 1. The van der Waals surface area contributed by atoms with E-state index in [4.69, 9.17) is 21.7 Å². The number of ether oxygens (including phenoxy) is 2. The van der Waals surface area contributed by atoms with E-state index < -0.39 is 0 Å². The molecule has 126 valence electrons. The van der Waals surface area contributed by atoms with Gasteiger partial charge in [0.25, 0.3) is 0 Å². The summed E-state index contributed by atoms with van der Waals surface area (Å²) in [5.74, 6) is 1.73. The Bertz CT molecular complexity index is 499. The van der Waals surface area contributed by atoms with Crippen LogP contribution < -0.4 is 19.7 Å². The number of methoxy groups -OCH3 is 1. The average molecular weight is 336 g/mol. The molecule has 0 unspecified atom stereocenters. The quantitative estimate of drug-likeness (QED) is 0.555. The van der Waals surface area contributed by atoms with E-state index in [1.54, 1.807) is 12.0 Å². The summed E-state index contributed by atoms with van der Waals surface area (Å²) < 4.78 is 10.9. The Morgan fingerprint density at radius 2 is 1.96 bits per heavy atom. The molecule has 6 heteroatoms. The smallest absolute Gasteiger partial charge is 0.169 e. The van der Waals surface area contributed by atoms with Gasteiger partial charge in [-0.3, -0.25) is 0 Å². The fraction of sp³-hybridized carbons (Fsp3) is 0.471. The molecule has 1 aliphatic heterocycles. The van der Waals surface area contributed by atoms with Crippen LogP contribution in [0.25, 0.3) is 0 Å². The van der Waals surface area contributed by atoms with Crippen LogP contribution in [0, 0.1) is 0 Å². The van der Waals surface area contributed by atoms with Crippen LogP contribution in [0.1, 0.15) is 0 Å². The number of nitrogens with one attached hydrogen (secondary N) is 2. The van der Waals surface area contributed by atoms with Crippen molar-refractivity contribution in [2.75, 3.05) is 53.0 Å². The van der Waals surface area contributed by atoms with Gasteiger partial charge in [-0.05, 0) is 36.5 Å². The molecule has 0 spiro atoms. The molecule has 0 amide bonds. The lowest BCUT2D eigenvalue weighted by atomic mass is 10.3. The van der Waals surface area contributed by atoms with Gasteiger partial charge in [0.1, 0.15) is 24.7 Å². The third kappa shape index (κ3) is 5.73. The number of hydrogen-bond acceptors (Lipinski definition) is 3. The van der Waals surface area contributed by atoms with Crippen LogP contribution in [0.4, 0.5) is 0 Å². The first kappa shape index (κ1) is 17.6. The van der Waals surface area contributed by atoms with Gasteiger partial charge in [0, 0.05) is 6.54 Å². The van der Waals surface area contributed by atoms with Crippen molar-refractivity contribution in [3.05, 3.63) is 36.9 Å². The normalized spacial score (nSPS) is 15.1. The van der Waals surface area contributed by atoms with Crippen LogP contribution in [-0.2, 0) is 0 Å². The molecule has 0 atom stereocenters. The van der Waals surface area contributed by atoms with Gasteiger partial charge in [0.2, 0.25) is 0 Å². The molecular formula is C17H26N3O2S+. The van der Waals surface area contributed by atoms with Gasteiger partial charge in [-0.25, -0.2) is 0 Å². The van der Waals surface area contributed by atoms with E-state index in [9.17, 15) is 0 Å². The Hall–Kier alpha value is -1.79. The van der Waals surface area contributed by atoms with Crippen LogP contribution in [-0.4, -0.2) is 63.0 Å². The zero-order valence-electron chi connectivity index (χ0n) is 13.7. The van der Waals surface area contributed by atoms with E-state index >= 15 is 0 Å². The van der Waals surface area contributed by atoms with Crippen molar-refractivity contribution in [1.82, 2.24) is 10.2 Å². The molecule has 0 radical (unpaired) electrons. The summed E-state index contributed by atoms with van der Waals surface area (Å²) in [5.41, 5.74) is 0. The number of rotatable bonds is 7. The van der Waals surface area contributed by atoms with Crippen LogP contribution >= 0.6 is 12.2 Å². The topological polar surface area (TPSA) is 38.2 Å². The third-order valence-corrected chi connectivity index (χ3v) is 4.34. The first-order valence-corrected chi connectivity index (χ1v) is 8.38. The summed E-state index contributed by atoms with van der Waals surface area (Å²) in [6, 6.07) is 7.71. The molecule has 2 rings (SSSR count). The Labute approximate surface area is 143 Å². The molecule has 0 aromatic heterocycles. The number of piperazine rings is 1. The van der Waals surface area contributed by atoms with Gasteiger partial charge in [-0.1, -0.05) is 6.08 Å². The molecule has 1 fully saturated rings. The highest BCUT2D eigenvalue weighted by Crippen LogP contribution is 2.16. The minimum atomic E-state index is 0.723. The third-order valence-electron chi connectivity index (χ3n) is 3.94. The van der Waals surface area contributed by atoms with Crippen molar-refractivity contribution in [3.63, 3.8) is 0 Å². The highest BCUT2D eigenvalue weighted by Gasteiger charge is 2.21. The lowest BCUT2D eigenvalue weighted by Gasteiger charge is -2.33. The van der Waals surface area contributed by atoms with E-state index in [1.165, 1.54) is 0 Å². The summed E-state index contributed by atoms with van der Waals surface area (Å²) >= 11 is 5.37. The van der Waals surface area contributed by atoms with Crippen molar-refractivity contribution in [1.29, 1.82) is 0 Å². The highest BCUT2D eigenvalue weighted by molar-refractivity contribution is 7.80. The zero-order valence-corrected chi connectivity index (χ0v) is 14.5. The van der Waals surface area contributed by atoms with E-state index in [0.29, 0.717) is 0 Å². The lowest BCUT2D eigenvalue weighted by molar-refractivity contribution is -0.903. The Kier molecular flexibility index (Phi) is 7.16. The van der Waals surface area contributed by atoms with E-state index in [1.807, 2.05) is 30.3 Å². The van der Waals surface area contributed by atoms with Gasteiger partial charge >= 0.3 is 0 Å². The number of quaternary nitrogens is 1. The highest BCUT2D eigenvalue weighted by atomic mass is 32.1. The van der Waals surface area contributed by atoms with Gasteiger partial charge in [0.15, 0.2) is 5.11 Å². The average Bonchev–Trinajstić information content (AvgIpc) is 2.61. The summed E-state index contributed by atoms with van der Waals surface area (Å²) in [5, 5.41) is 4.02. The summed E-state index contributed by atoms with van der Waals surface area (Å²) in [6.45, 7) is 10.3. The molecule has 1 heterocycles. The molecule has 1 aromatic rings. The maximum Gasteiger partial charge on any atom is 0.169 e. The van der Waals surface area contributed by atoms with Crippen molar-refractivity contribution in [2.24, 2.45) is 0 Å². The molecular weight excluding hydrogens is 310 g/mol. The molecule has 23 heavy (non-hydrogen) atoms. The van der Waals surface area contributed by atoms with Crippen molar-refractivity contribution in [2.45, 2.75) is 0 Å². The second kappa shape index (κ2) is 9.37. The van der Waals surface area contributed by atoms with Crippen LogP contribution in [0.2, 0.25) is 0 Å². The molecule has 0 aliphatic carbocycles. The van der Waals surface area contributed by atoms with Crippen LogP contribution in [0.3, 0.4) is 0 Å². The molecule has 2 N–H and O–H groups in total. The number of hydrogen-bond donors (Lipinski definition) is 2. The largest absolute Gasteiger partial charge is 0.497 e. The SMILES string of the molecule is C=CCNC(=S)N1CC[NH+](CCOc2ccc(OC)cc2)CC1. The van der Waals surface area contributed by atoms with Gasteiger partial charge in [-0.2, -0.15) is 0 Å². The monoisotopic (exact) mass is 336 g/mol. The number of thiocarbonyl (C=S) groups is 1. The molecule has 0 saturated carbocycles. The van der Waals surface area contributed by atoms with Crippen molar-refractivity contribution < 1.29 is 14.4 Å².